The van der Waals surface area contributed by atoms with E-state index in [0.29, 0.717) is 23.8 Å². The third-order valence-electron chi connectivity index (χ3n) is 5.92. The van der Waals surface area contributed by atoms with E-state index in [1.54, 1.807) is 13.2 Å². The van der Waals surface area contributed by atoms with E-state index in [1.165, 1.54) is 11.1 Å². The molecule has 3 aromatic rings. The number of methoxy groups -OCH3 is 1. The molecule has 0 atom stereocenters. The normalized spacial score (nSPS) is 16.3. The SMILES string of the molecule is COc1cccc(/C=C2\Oc3c(cc4c(c3C)OCN(Cc3ccc(C)cc3)C4)C2=O)c1. The molecule has 0 spiro atoms. The predicted octanol–water partition coefficient (Wildman–Crippen LogP) is 5.28. The van der Waals surface area contributed by atoms with Crippen molar-refractivity contribution in [1.29, 1.82) is 0 Å². The van der Waals surface area contributed by atoms with Crippen LogP contribution in [-0.2, 0) is 13.1 Å². The van der Waals surface area contributed by atoms with Gasteiger partial charge in [-0.3, -0.25) is 9.69 Å². The van der Waals surface area contributed by atoms with Crippen LogP contribution in [0.25, 0.3) is 6.08 Å². The summed E-state index contributed by atoms with van der Waals surface area (Å²) >= 11 is 0. The number of carbonyl (C=O) groups is 1. The highest BCUT2D eigenvalue weighted by atomic mass is 16.5. The number of ketones is 1. The van der Waals surface area contributed by atoms with Gasteiger partial charge in [-0.25, -0.2) is 0 Å². The maximum absolute atomic E-state index is 13.1. The molecule has 0 bridgehead atoms. The Labute approximate surface area is 187 Å². The predicted molar refractivity (Wildman–Crippen MR) is 123 cm³/mol. The van der Waals surface area contributed by atoms with Crippen LogP contribution < -0.4 is 14.2 Å². The van der Waals surface area contributed by atoms with Gasteiger partial charge >= 0.3 is 0 Å². The number of hydrogen-bond acceptors (Lipinski definition) is 5. The molecule has 32 heavy (non-hydrogen) atoms. The summed E-state index contributed by atoms with van der Waals surface area (Å²) in [6, 6.07) is 18.0. The summed E-state index contributed by atoms with van der Waals surface area (Å²) in [5.74, 6) is 2.35. The topological polar surface area (TPSA) is 48.0 Å². The summed E-state index contributed by atoms with van der Waals surface area (Å²) in [6.45, 7) is 6.06. The molecule has 0 saturated heterocycles. The zero-order chi connectivity index (χ0) is 22.2. The summed E-state index contributed by atoms with van der Waals surface area (Å²) in [7, 11) is 1.62. The molecule has 2 aliphatic rings. The molecule has 2 heterocycles. The maximum Gasteiger partial charge on any atom is 0.231 e. The number of allylic oxidation sites excluding steroid dienone is 1. The van der Waals surface area contributed by atoms with Crippen LogP contribution in [0.2, 0.25) is 0 Å². The summed E-state index contributed by atoms with van der Waals surface area (Å²) in [5.41, 5.74) is 5.81. The number of fused-ring (bicyclic) bond motifs is 2. The molecule has 5 nitrogen and oxygen atoms in total. The molecule has 162 valence electrons. The Kier molecular flexibility index (Phi) is 5.19. The molecule has 0 fully saturated rings. The fraction of sp³-hybridized carbons (Fsp3) is 0.222. The van der Waals surface area contributed by atoms with Crippen molar-refractivity contribution in [3.63, 3.8) is 0 Å². The van der Waals surface area contributed by atoms with Crippen molar-refractivity contribution >= 4 is 11.9 Å². The lowest BCUT2D eigenvalue weighted by Crippen LogP contribution is -2.32. The lowest BCUT2D eigenvalue weighted by molar-refractivity contribution is 0.0876. The first-order valence-corrected chi connectivity index (χ1v) is 10.7. The third kappa shape index (κ3) is 3.76. The Bertz CT molecular complexity index is 1230. The lowest BCUT2D eigenvalue weighted by atomic mass is 9.99. The van der Waals surface area contributed by atoms with Crippen LogP contribution in [-0.4, -0.2) is 24.5 Å². The Balaban J connectivity index is 1.41. The minimum absolute atomic E-state index is 0.107. The van der Waals surface area contributed by atoms with E-state index in [2.05, 4.69) is 36.1 Å². The number of hydrogen-bond donors (Lipinski definition) is 0. The molecule has 5 rings (SSSR count). The van der Waals surface area contributed by atoms with Crippen LogP contribution in [0.1, 0.15) is 38.2 Å². The van der Waals surface area contributed by atoms with Gasteiger partial charge in [0.1, 0.15) is 24.0 Å². The number of nitrogens with zero attached hydrogens (tertiary/aromatic N) is 1. The summed E-state index contributed by atoms with van der Waals surface area (Å²) in [6.07, 6.45) is 1.76. The van der Waals surface area contributed by atoms with Gasteiger partial charge in [-0.15, -0.1) is 0 Å². The van der Waals surface area contributed by atoms with Gasteiger partial charge in [-0.1, -0.05) is 42.0 Å². The van der Waals surface area contributed by atoms with Crippen LogP contribution >= 0.6 is 0 Å². The largest absolute Gasteiger partial charge is 0.497 e. The molecule has 0 aliphatic carbocycles. The lowest BCUT2D eigenvalue weighted by Gasteiger charge is -2.30. The van der Waals surface area contributed by atoms with E-state index in [-0.39, 0.29) is 5.78 Å². The fourth-order valence-corrected chi connectivity index (χ4v) is 4.23. The minimum atomic E-state index is -0.107. The van der Waals surface area contributed by atoms with Crippen LogP contribution in [0, 0.1) is 13.8 Å². The van der Waals surface area contributed by atoms with Gasteiger partial charge in [0.2, 0.25) is 5.78 Å². The zero-order valence-electron chi connectivity index (χ0n) is 18.5. The van der Waals surface area contributed by atoms with E-state index in [4.69, 9.17) is 14.2 Å². The smallest absolute Gasteiger partial charge is 0.231 e. The number of carbonyl (C=O) groups excluding carboxylic acids is 1. The highest BCUT2D eigenvalue weighted by Gasteiger charge is 2.33. The minimum Gasteiger partial charge on any atom is -0.497 e. The van der Waals surface area contributed by atoms with E-state index in [0.717, 1.165) is 41.3 Å². The molecule has 0 saturated carbocycles. The first-order chi connectivity index (χ1) is 15.5. The van der Waals surface area contributed by atoms with Crippen LogP contribution in [0.5, 0.6) is 17.2 Å². The highest BCUT2D eigenvalue weighted by Crippen LogP contribution is 2.43. The molecule has 3 aromatic carbocycles. The van der Waals surface area contributed by atoms with Gasteiger partial charge in [0, 0.05) is 24.2 Å². The highest BCUT2D eigenvalue weighted by molar-refractivity contribution is 6.15. The quantitative estimate of drug-likeness (QED) is 0.530. The van der Waals surface area contributed by atoms with Crippen LogP contribution in [0.3, 0.4) is 0 Å². The molecule has 2 aliphatic heterocycles. The average molecular weight is 428 g/mol. The number of Topliss-reactive ketones (excluding diaryl/α,β-unsaturated/α-hetero) is 1. The van der Waals surface area contributed by atoms with Crippen LogP contribution in [0.15, 0.2) is 60.4 Å². The molecule has 0 radical (unpaired) electrons. The van der Waals surface area contributed by atoms with Crippen LogP contribution in [0.4, 0.5) is 0 Å². The van der Waals surface area contributed by atoms with E-state index >= 15 is 0 Å². The second-order valence-electron chi connectivity index (χ2n) is 8.33. The molecule has 0 aromatic heterocycles. The number of ether oxygens (including phenoxy) is 3. The van der Waals surface area contributed by atoms with Crippen molar-refractivity contribution < 1.29 is 19.0 Å². The molecule has 0 unspecified atom stereocenters. The first kappa shape index (κ1) is 20.3. The van der Waals surface area contributed by atoms with Crippen molar-refractivity contribution in [2.75, 3.05) is 13.8 Å². The second-order valence-corrected chi connectivity index (χ2v) is 8.33. The molecule has 5 heteroatoms. The standard InChI is InChI=1S/C27H25NO4/c1-17-7-9-19(10-8-17)14-28-15-21-13-23-25(29)24(12-20-5-4-6-22(11-20)30-3)32-27(23)18(2)26(21)31-16-28/h4-13H,14-16H2,1-3H3/b24-12-. The van der Waals surface area contributed by atoms with Gasteiger partial charge < -0.3 is 14.2 Å². The number of rotatable bonds is 4. The van der Waals surface area contributed by atoms with E-state index in [9.17, 15) is 4.79 Å². The summed E-state index contributed by atoms with van der Waals surface area (Å²) < 4.78 is 17.4. The summed E-state index contributed by atoms with van der Waals surface area (Å²) in [4.78, 5) is 15.3. The van der Waals surface area contributed by atoms with Crippen molar-refractivity contribution in [1.82, 2.24) is 4.90 Å². The van der Waals surface area contributed by atoms with Gasteiger partial charge in [-0.05, 0) is 49.2 Å². The Morgan fingerprint density at radius 2 is 1.88 bits per heavy atom. The van der Waals surface area contributed by atoms with E-state index in [1.807, 2.05) is 37.3 Å². The molecular weight excluding hydrogens is 402 g/mol. The Morgan fingerprint density at radius 1 is 1.06 bits per heavy atom. The van der Waals surface area contributed by atoms with Crippen molar-refractivity contribution in [3.05, 3.63) is 93.7 Å². The van der Waals surface area contributed by atoms with Crippen molar-refractivity contribution in [2.24, 2.45) is 0 Å². The third-order valence-corrected chi connectivity index (χ3v) is 5.92. The molecular formula is C27H25NO4. The number of benzene rings is 3. The van der Waals surface area contributed by atoms with Gasteiger partial charge in [0.15, 0.2) is 5.76 Å². The average Bonchev–Trinajstić information content (AvgIpc) is 3.11. The fourth-order valence-electron chi connectivity index (χ4n) is 4.23. The second kappa shape index (κ2) is 8.17. The Hall–Kier alpha value is -3.57. The van der Waals surface area contributed by atoms with Gasteiger partial charge in [0.25, 0.3) is 0 Å². The van der Waals surface area contributed by atoms with Crippen molar-refractivity contribution in [3.8, 4) is 17.2 Å². The van der Waals surface area contributed by atoms with Gasteiger partial charge in [-0.2, -0.15) is 0 Å². The zero-order valence-corrected chi connectivity index (χ0v) is 18.5. The number of aryl methyl sites for hydroxylation is 1. The monoisotopic (exact) mass is 427 g/mol. The Morgan fingerprint density at radius 3 is 2.66 bits per heavy atom. The van der Waals surface area contributed by atoms with Gasteiger partial charge in [0.05, 0.1) is 12.7 Å². The summed E-state index contributed by atoms with van der Waals surface area (Å²) in [5, 5.41) is 0. The van der Waals surface area contributed by atoms with Crippen molar-refractivity contribution in [2.45, 2.75) is 26.9 Å². The maximum atomic E-state index is 13.1. The molecule has 0 N–H and O–H groups in total. The first-order valence-electron chi connectivity index (χ1n) is 10.7. The van der Waals surface area contributed by atoms with E-state index < -0.39 is 0 Å². The molecule has 0 amide bonds.